The monoisotopic (exact) mass is 476 g/mol. The molecule has 0 spiro atoms. The maximum atomic E-state index is 13.0. The molecule has 2 aliphatic rings. The number of hydrogen-bond acceptors (Lipinski definition) is 4. The van der Waals surface area contributed by atoms with Crippen molar-refractivity contribution in [1.29, 1.82) is 0 Å². The Morgan fingerprint density at radius 2 is 1.56 bits per heavy atom. The molecule has 0 saturated carbocycles. The minimum atomic E-state index is -0.636. The molecule has 0 radical (unpaired) electrons. The van der Waals surface area contributed by atoms with E-state index in [9.17, 15) is 14.4 Å². The van der Waals surface area contributed by atoms with Crippen LogP contribution in [0.1, 0.15) is 38.1 Å². The molecule has 174 valence electrons. The maximum Gasteiger partial charge on any atom is 0.339 e. The molecule has 1 saturated heterocycles. The quantitative estimate of drug-likeness (QED) is 0.474. The molecule has 0 bridgehead atoms. The lowest BCUT2D eigenvalue weighted by molar-refractivity contribution is -0.197. The summed E-state index contributed by atoms with van der Waals surface area (Å²) >= 11 is 6.17. The second kappa shape index (κ2) is 8.44. The minimum Gasteiger partial charge on any atom is -0.346 e. The fourth-order valence-corrected chi connectivity index (χ4v) is 5.12. The molecular weight excluding hydrogens is 452 g/mol. The van der Waals surface area contributed by atoms with Crippen molar-refractivity contribution >= 4 is 29.4 Å². The molecular formula is C27H25ClN2O4. The molecule has 1 fully saturated rings. The summed E-state index contributed by atoms with van der Waals surface area (Å²) in [6.07, 6.45) is 0.922. The third kappa shape index (κ3) is 4.03. The van der Waals surface area contributed by atoms with E-state index in [1.165, 1.54) is 0 Å². The Balaban J connectivity index is 1.64. The highest BCUT2D eigenvalue weighted by Crippen LogP contribution is 2.47. The Kier molecular flexibility index (Phi) is 5.56. The van der Waals surface area contributed by atoms with E-state index in [1.807, 2.05) is 42.5 Å². The Bertz CT molecular complexity index is 1280. The summed E-state index contributed by atoms with van der Waals surface area (Å²) in [6, 6.07) is 17.7. The molecule has 1 aromatic heterocycles. The number of carbonyl (C=O) groups is 3. The number of imide groups is 1. The number of hydrogen-bond donors (Lipinski definition) is 0. The number of benzene rings is 2. The number of fused-ring (bicyclic) bond motifs is 1. The van der Waals surface area contributed by atoms with Gasteiger partial charge in [-0.15, -0.1) is 5.06 Å². The summed E-state index contributed by atoms with van der Waals surface area (Å²) in [6.45, 7) is 5.17. The summed E-state index contributed by atoms with van der Waals surface area (Å²) in [5, 5.41) is 1.24. The first-order valence-electron chi connectivity index (χ1n) is 11.4. The maximum absolute atomic E-state index is 13.0. The van der Waals surface area contributed by atoms with Gasteiger partial charge in [-0.1, -0.05) is 67.9 Å². The van der Waals surface area contributed by atoms with E-state index in [2.05, 4.69) is 30.5 Å². The Morgan fingerprint density at radius 3 is 2.21 bits per heavy atom. The van der Waals surface area contributed by atoms with Crippen LogP contribution in [0.25, 0.3) is 22.3 Å². The van der Waals surface area contributed by atoms with Crippen LogP contribution >= 0.6 is 11.6 Å². The normalized spacial score (nSPS) is 16.7. The van der Waals surface area contributed by atoms with Crippen LogP contribution in [0.2, 0.25) is 5.02 Å². The van der Waals surface area contributed by atoms with Crippen LogP contribution in [0, 0.1) is 5.41 Å². The highest BCUT2D eigenvalue weighted by molar-refractivity contribution is 6.30. The van der Waals surface area contributed by atoms with Gasteiger partial charge in [0.2, 0.25) is 0 Å². The molecule has 34 heavy (non-hydrogen) atoms. The highest BCUT2D eigenvalue weighted by atomic mass is 35.5. The molecule has 6 nitrogen and oxygen atoms in total. The summed E-state index contributed by atoms with van der Waals surface area (Å²) in [4.78, 5) is 42.2. The Hall–Kier alpha value is -3.38. The van der Waals surface area contributed by atoms with E-state index in [0.29, 0.717) is 10.1 Å². The zero-order chi connectivity index (χ0) is 24.0. The molecule has 2 aliphatic heterocycles. The topological polar surface area (TPSA) is 68.6 Å². The van der Waals surface area contributed by atoms with Gasteiger partial charge in [-0.3, -0.25) is 9.59 Å². The molecule has 2 aromatic carbocycles. The molecule has 0 aliphatic carbocycles. The van der Waals surface area contributed by atoms with Crippen LogP contribution in [-0.2, 0) is 38.6 Å². The van der Waals surface area contributed by atoms with Gasteiger partial charge < -0.3 is 9.40 Å². The standard InChI is InChI=1S/C27H25ClN2O4/c1-27(2)15-21-26(17-6-4-3-5-7-17)25(18-8-10-19(28)11-9-18)20(29(21)16-27)14-24(33)34-30-22(31)12-13-23(30)32/h3-11H,12-16H2,1-2H3. The summed E-state index contributed by atoms with van der Waals surface area (Å²) in [7, 11) is 0. The van der Waals surface area contributed by atoms with Crippen molar-refractivity contribution in [3.05, 3.63) is 71.0 Å². The number of rotatable bonds is 5. The lowest BCUT2D eigenvalue weighted by Gasteiger charge is -2.19. The first-order chi connectivity index (χ1) is 16.2. The number of carbonyl (C=O) groups excluding carboxylic acids is 3. The van der Waals surface area contributed by atoms with Crippen molar-refractivity contribution in [2.24, 2.45) is 5.41 Å². The van der Waals surface area contributed by atoms with Crippen molar-refractivity contribution in [1.82, 2.24) is 9.63 Å². The predicted molar refractivity (Wildman–Crippen MR) is 129 cm³/mol. The molecule has 0 unspecified atom stereocenters. The van der Waals surface area contributed by atoms with E-state index >= 15 is 0 Å². The highest BCUT2D eigenvalue weighted by Gasteiger charge is 2.38. The largest absolute Gasteiger partial charge is 0.346 e. The Morgan fingerprint density at radius 1 is 0.941 bits per heavy atom. The summed E-state index contributed by atoms with van der Waals surface area (Å²) in [5.41, 5.74) is 6.05. The minimum absolute atomic E-state index is 0.0247. The van der Waals surface area contributed by atoms with E-state index < -0.39 is 17.8 Å². The molecule has 2 amide bonds. The van der Waals surface area contributed by atoms with Gasteiger partial charge in [-0.25, -0.2) is 4.79 Å². The smallest absolute Gasteiger partial charge is 0.339 e. The van der Waals surface area contributed by atoms with Gasteiger partial charge in [-0.2, -0.15) is 0 Å². The molecule has 3 aromatic rings. The van der Waals surface area contributed by atoms with Crippen molar-refractivity contribution in [3.63, 3.8) is 0 Å². The predicted octanol–water partition coefficient (Wildman–Crippen LogP) is 5.21. The molecule has 0 N–H and O–H groups in total. The van der Waals surface area contributed by atoms with E-state index in [0.717, 1.165) is 46.6 Å². The number of amides is 2. The van der Waals surface area contributed by atoms with Crippen molar-refractivity contribution in [2.75, 3.05) is 0 Å². The van der Waals surface area contributed by atoms with Gasteiger partial charge in [-0.05, 0) is 35.1 Å². The second-order valence-corrected chi connectivity index (χ2v) is 10.1. The second-order valence-electron chi connectivity index (χ2n) is 9.67. The van der Waals surface area contributed by atoms with Gasteiger partial charge in [0.05, 0.1) is 6.42 Å². The third-order valence-electron chi connectivity index (χ3n) is 6.42. The first kappa shape index (κ1) is 22.4. The molecule has 0 atom stereocenters. The molecule has 3 heterocycles. The van der Waals surface area contributed by atoms with Crippen LogP contribution < -0.4 is 0 Å². The zero-order valence-corrected chi connectivity index (χ0v) is 19.9. The van der Waals surface area contributed by atoms with Crippen molar-refractivity contribution < 1.29 is 19.2 Å². The zero-order valence-electron chi connectivity index (χ0n) is 19.1. The summed E-state index contributed by atoms with van der Waals surface area (Å²) < 4.78 is 2.21. The Labute approximate surface area is 203 Å². The number of hydroxylamine groups is 2. The van der Waals surface area contributed by atoms with Crippen LogP contribution in [0.15, 0.2) is 54.6 Å². The first-order valence-corrected chi connectivity index (χ1v) is 11.7. The van der Waals surface area contributed by atoms with Crippen LogP contribution in [0.5, 0.6) is 0 Å². The van der Waals surface area contributed by atoms with E-state index in [1.54, 1.807) is 0 Å². The van der Waals surface area contributed by atoms with Crippen molar-refractivity contribution in [2.45, 2.75) is 46.1 Å². The van der Waals surface area contributed by atoms with Gasteiger partial charge in [0, 0.05) is 46.9 Å². The average molecular weight is 477 g/mol. The van der Waals surface area contributed by atoms with Crippen LogP contribution in [0.4, 0.5) is 0 Å². The lowest BCUT2D eigenvalue weighted by Crippen LogP contribution is -2.33. The van der Waals surface area contributed by atoms with Crippen molar-refractivity contribution in [3.8, 4) is 22.3 Å². The average Bonchev–Trinajstić information content (AvgIpc) is 3.39. The SMILES string of the molecule is CC1(C)Cc2c(-c3ccccc3)c(-c3ccc(Cl)cc3)c(CC(=O)ON3C(=O)CCC3=O)n2C1. The van der Waals surface area contributed by atoms with Gasteiger partial charge >= 0.3 is 5.97 Å². The summed E-state index contributed by atoms with van der Waals surface area (Å²) in [5.74, 6) is -1.60. The lowest BCUT2D eigenvalue weighted by atomic mass is 9.86. The van der Waals surface area contributed by atoms with Gasteiger partial charge in [0.15, 0.2) is 0 Å². The van der Waals surface area contributed by atoms with Crippen LogP contribution in [0.3, 0.4) is 0 Å². The van der Waals surface area contributed by atoms with Gasteiger partial charge in [0.25, 0.3) is 11.8 Å². The van der Waals surface area contributed by atoms with Crippen LogP contribution in [-0.4, -0.2) is 27.4 Å². The van der Waals surface area contributed by atoms with E-state index in [4.69, 9.17) is 16.4 Å². The fourth-order valence-electron chi connectivity index (χ4n) is 4.99. The molecule has 5 rings (SSSR count). The number of nitrogens with zero attached hydrogens (tertiary/aromatic N) is 2. The fraction of sp³-hybridized carbons (Fsp3) is 0.296. The van der Waals surface area contributed by atoms with Gasteiger partial charge in [0.1, 0.15) is 0 Å². The third-order valence-corrected chi connectivity index (χ3v) is 6.67. The van der Waals surface area contributed by atoms with E-state index in [-0.39, 0.29) is 24.7 Å². The number of halogens is 1. The number of aromatic nitrogens is 1. The molecule has 7 heteroatoms.